The quantitative estimate of drug-likeness (QED) is 0.385. The van der Waals surface area contributed by atoms with Crippen molar-refractivity contribution in [2.75, 3.05) is 11.9 Å². The zero-order chi connectivity index (χ0) is 14.7. The molecule has 7 heteroatoms. The number of oxime groups is 1. The van der Waals surface area contributed by atoms with E-state index in [9.17, 15) is 4.79 Å². The first-order chi connectivity index (χ1) is 9.52. The molecule has 1 aromatic carbocycles. The summed E-state index contributed by atoms with van der Waals surface area (Å²) in [4.78, 5) is 14.5. The van der Waals surface area contributed by atoms with E-state index < -0.39 is 0 Å². The first-order valence-corrected chi connectivity index (χ1v) is 7.25. The van der Waals surface area contributed by atoms with Gasteiger partial charge in [0, 0.05) is 18.3 Å². The Labute approximate surface area is 128 Å². The number of nitrogens with zero attached hydrogens (tertiary/aromatic N) is 2. The SMILES string of the molecule is CN(C(=O)c1ccc(Br)s1)c1cccc(C(N)=NO)c1. The Balaban J connectivity index is 2.29. The van der Waals surface area contributed by atoms with Gasteiger partial charge in [0.1, 0.15) is 0 Å². The van der Waals surface area contributed by atoms with Crippen LogP contribution in [-0.2, 0) is 0 Å². The van der Waals surface area contributed by atoms with Gasteiger partial charge in [0.25, 0.3) is 5.91 Å². The van der Waals surface area contributed by atoms with Crippen molar-refractivity contribution in [2.24, 2.45) is 10.9 Å². The normalized spacial score (nSPS) is 11.4. The molecule has 0 spiro atoms. The number of benzene rings is 1. The molecule has 5 nitrogen and oxygen atoms in total. The summed E-state index contributed by atoms with van der Waals surface area (Å²) in [5, 5.41) is 11.6. The maximum absolute atomic E-state index is 12.3. The number of anilines is 1. The van der Waals surface area contributed by atoms with Crippen molar-refractivity contribution in [3.8, 4) is 0 Å². The van der Waals surface area contributed by atoms with Gasteiger partial charge in [0.05, 0.1) is 8.66 Å². The molecule has 0 atom stereocenters. The summed E-state index contributed by atoms with van der Waals surface area (Å²) in [6.45, 7) is 0. The van der Waals surface area contributed by atoms with Crippen LogP contribution in [0.15, 0.2) is 45.3 Å². The van der Waals surface area contributed by atoms with Crippen molar-refractivity contribution in [3.05, 3.63) is 50.6 Å². The Bertz CT molecular complexity index is 669. The second kappa shape index (κ2) is 6.06. The van der Waals surface area contributed by atoms with E-state index in [-0.39, 0.29) is 11.7 Å². The molecule has 0 bridgehead atoms. The van der Waals surface area contributed by atoms with Crippen LogP contribution in [0.25, 0.3) is 0 Å². The lowest BCUT2D eigenvalue weighted by atomic mass is 10.1. The van der Waals surface area contributed by atoms with Crippen LogP contribution in [0.2, 0.25) is 0 Å². The number of thiophene rings is 1. The van der Waals surface area contributed by atoms with Gasteiger partial charge in [-0.3, -0.25) is 4.79 Å². The van der Waals surface area contributed by atoms with Crippen LogP contribution < -0.4 is 10.6 Å². The highest BCUT2D eigenvalue weighted by Gasteiger charge is 2.16. The van der Waals surface area contributed by atoms with Gasteiger partial charge in [-0.15, -0.1) is 11.3 Å². The lowest BCUT2D eigenvalue weighted by Crippen LogP contribution is -2.25. The summed E-state index contributed by atoms with van der Waals surface area (Å²) in [6.07, 6.45) is 0. The van der Waals surface area contributed by atoms with E-state index in [2.05, 4.69) is 21.1 Å². The number of nitrogens with two attached hydrogens (primary N) is 1. The Morgan fingerprint density at radius 3 is 2.75 bits per heavy atom. The number of rotatable bonds is 3. The van der Waals surface area contributed by atoms with Gasteiger partial charge in [0.15, 0.2) is 5.84 Å². The summed E-state index contributed by atoms with van der Waals surface area (Å²) in [6, 6.07) is 10.5. The molecule has 0 fully saturated rings. The molecule has 1 aromatic heterocycles. The van der Waals surface area contributed by atoms with Gasteiger partial charge >= 0.3 is 0 Å². The van der Waals surface area contributed by atoms with Crippen LogP contribution in [0.4, 0.5) is 5.69 Å². The third kappa shape index (κ3) is 3.00. The molecule has 0 aliphatic rings. The minimum absolute atomic E-state index is 0.00608. The molecule has 1 amide bonds. The van der Waals surface area contributed by atoms with Crippen molar-refractivity contribution in [1.82, 2.24) is 0 Å². The van der Waals surface area contributed by atoms with Crippen molar-refractivity contribution < 1.29 is 10.0 Å². The molecule has 0 saturated carbocycles. The summed E-state index contributed by atoms with van der Waals surface area (Å²) >= 11 is 4.70. The summed E-state index contributed by atoms with van der Waals surface area (Å²) < 4.78 is 0.902. The average molecular weight is 354 g/mol. The molecule has 0 unspecified atom stereocenters. The molecule has 20 heavy (non-hydrogen) atoms. The first-order valence-electron chi connectivity index (χ1n) is 5.64. The third-order valence-electron chi connectivity index (χ3n) is 2.73. The van der Waals surface area contributed by atoms with E-state index in [1.54, 1.807) is 37.4 Å². The van der Waals surface area contributed by atoms with Gasteiger partial charge < -0.3 is 15.8 Å². The Morgan fingerprint density at radius 2 is 2.15 bits per heavy atom. The van der Waals surface area contributed by atoms with Crippen molar-refractivity contribution >= 4 is 44.7 Å². The van der Waals surface area contributed by atoms with E-state index in [4.69, 9.17) is 10.9 Å². The average Bonchev–Trinajstić information content (AvgIpc) is 2.91. The molecule has 0 radical (unpaired) electrons. The summed E-state index contributed by atoms with van der Waals surface area (Å²) in [7, 11) is 1.68. The highest BCUT2D eigenvalue weighted by atomic mass is 79.9. The van der Waals surface area contributed by atoms with Crippen molar-refractivity contribution in [1.29, 1.82) is 0 Å². The molecule has 104 valence electrons. The van der Waals surface area contributed by atoms with Crippen molar-refractivity contribution in [3.63, 3.8) is 0 Å². The van der Waals surface area contributed by atoms with Crippen molar-refractivity contribution in [2.45, 2.75) is 0 Å². The zero-order valence-electron chi connectivity index (χ0n) is 10.6. The molecular formula is C13H12BrN3O2S. The second-order valence-corrected chi connectivity index (χ2v) is 6.47. The number of hydrogen-bond donors (Lipinski definition) is 2. The fourth-order valence-corrected chi connectivity index (χ4v) is 3.01. The lowest BCUT2D eigenvalue weighted by Gasteiger charge is -2.17. The van der Waals surface area contributed by atoms with Gasteiger partial charge in [-0.05, 0) is 40.2 Å². The Morgan fingerprint density at radius 1 is 1.40 bits per heavy atom. The topological polar surface area (TPSA) is 78.9 Å². The van der Waals surface area contributed by atoms with E-state index in [0.717, 1.165) is 3.79 Å². The molecule has 0 saturated heterocycles. The minimum Gasteiger partial charge on any atom is -0.409 e. The van der Waals surface area contributed by atoms with Gasteiger partial charge in [-0.2, -0.15) is 0 Å². The van der Waals surface area contributed by atoms with E-state index in [1.807, 2.05) is 6.07 Å². The first kappa shape index (κ1) is 14.5. The van der Waals surface area contributed by atoms with Crippen LogP contribution in [0.5, 0.6) is 0 Å². The lowest BCUT2D eigenvalue weighted by molar-refractivity contribution is 0.0997. The van der Waals surface area contributed by atoms with Crippen LogP contribution >= 0.6 is 27.3 Å². The maximum Gasteiger partial charge on any atom is 0.268 e. The van der Waals surface area contributed by atoms with E-state index >= 15 is 0 Å². The van der Waals surface area contributed by atoms with E-state index in [0.29, 0.717) is 16.1 Å². The number of carbonyl (C=O) groups excluding carboxylic acids is 1. The minimum atomic E-state index is -0.114. The molecule has 2 rings (SSSR count). The Hall–Kier alpha value is -1.86. The largest absolute Gasteiger partial charge is 0.409 e. The molecule has 0 aliphatic heterocycles. The number of hydrogen-bond acceptors (Lipinski definition) is 4. The van der Waals surface area contributed by atoms with Gasteiger partial charge in [-0.25, -0.2) is 0 Å². The second-order valence-electron chi connectivity index (χ2n) is 4.00. The molecule has 0 aliphatic carbocycles. The summed E-state index contributed by atoms with van der Waals surface area (Å²) in [5.41, 5.74) is 6.77. The van der Waals surface area contributed by atoms with Crippen LogP contribution in [0.1, 0.15) is 15.2 Å². The predicted molar refractivity (Wildman–Crippen MR) is 83.7 cm³/mol. The third-order valence-corrected chi connectivity index (χ3v) is 4.34. The molecule has 2 aromatic rings. The monoisotopic (exact) mass is 353 g/mol. The van der Waals surface area contributed by atoms with Crippen LogP contribution in [0.3, 0.4) is 0 Å². The van der Waals surface area contributed by atoms with E-state index in [1.165, 1.54) is 16.2 Å². The predicted octanol–water partition coefficient (Wildman–Crippen LogP) is 2.88. The van der Waals surface area contributed by atoms with Crippen LogP contribution in [-0.4, -0.2) is 24.0 Å². The molecule has 3 N–H and O–H groups in total. The highest BCUT2D eigenvalue weighted by molar-refractivity contribution is 9.11. The molecular weight excluding hydrogens is 342 g/mol. The fraction of sp³-hybridized carbons (Fsp3) is 0.0769. The number of carbonyl (C=O) groups is 1. The summed E-state index contributed by atoms with van der Waals surface area (Å²) in [5.74, 6) is -0.107. The standard InChI is InChI=1S/C13H12BrN3O2S/c1-17(13(18)10-5-6-11(14)20-10)9-4-2-3-8(7-9)12(15)16-19/h2-7,19H,1H3,(H2,15,16). The zero-order valence-corrected chi connectivity index (χ0v) is 13.0. The maximum atomic E-state index is 12.3. The Kier molecular flexibility index (Phi) is 4.41. The number of halogens is 1. The smallest absolute Gasteiger partial charge is 0.268 e. The fourth-order valence-electron chi connectivity index (χ4n) is 1.64. The highest BCUT2D eigenvalue weighted by Crippen LogP contribution is 2.25. The molecule has 1 heterocycles. The van der Waals surface area contributed by atoms with Gasteiger partial charge in [0.2, 0.25) is 0 Å². The number of amidine groups is 1. The van der Waals surface area contributed by atoms with Gasteiger partial charge in [-0.1, -0.05) is 17.3 Å². The van der Waals surface area contributed by atoms with Crippen LogP contribution in [0, 0.1) is 0 Å². The number of amides is 1.